The molecule has 162 valence electrons. The number of aliphatic imine (C=N–C) groups is 1. The maximum absolute atomic E-state index is 12.8. The summed E-state index contributed by atoms with van der Waals surface area (Å²) in [7, 11) is 1.85. The molecule has 0 radical (unpaired) electrons. The van der Waals surface area contributed by atoms with Gasteiger partial charge in [-0.2, -0.15) is 5.10 Å². The lowest BCUT2D eigenvalue weighted by atomic mass is 10.1. The number of hydrogen-bond donors (Lipinski definition) is 1. The van der Waals surface area contributed by atoms with Gasteiger partial charge in [-0.05, 0) is 33.8 Å². The van der Waals surface area contributed by atoms with Crippen molar-refractivity contribution < 1.29 is 9.53 Å². The molecule has 8 nitrogen and oxygen atoms in total. The Morgan fingerprint density at radius 3 is 2.67 bits per heavy atom. The highest BCUT2D eigenvalue weighted by molar-refractivity contribution is 5.98. The summed E-state index contributed by atoms with van der Waals surface area (Å²) in [4.78, 5) is 21.3. The minimum atomic E-state index is -0.278. The topological polar surface area (TPSA) is 75.0 Å². The van der Waals surface area contributed by atoms with Gasteiger partial charge in [0.05, 0.1) is 18.4 Å². The molecule has 1 aromatic heterocycles. The molecule has 0 unspecified atom stereocenters. The van der Waals surface area contributed by atoms with Crippen LogP contribution in [0, 0.1) is 0 Å². The van der Waals surface area contributed by atoms with E-state index in [1.54, 1.807) is 15.8 Å². The van der Waals surface area contributed by atoms with Gasteiger partial charge >= 0.3 is 0 Å². The van der Waals surface area contributed by atoms with Gasteiger partial charge in [0.25, 0.3) is 0 Å². The van der Waals surface area contributed by atoms with Crippen LogP contribution in [0.15, 0.2) is 41.7 Å². The van der Waals surface area contributed by atoms with E-state index in [0.29, 0.717) is 19.6 Å². The van der Waals surface area contributed by atoms with E-state index in [1.165, 1.54) is 0 Å². The zero-order valence-corrected chi connectivity index (χ0v) is 18.6. The number of aromatic nitrogens is 2. The van der Waals surface area contributed by atoms with Gasteiger partial charge in [-0.25, -0.2) is 4.99 Å². The first-order chi connectivity index (χ1) is 14.3. The normalized spacial score (nSPS) is 15.5. The Bertz CT molecular complexity index is 899. The summed E-state index contributed by atoms with van der Waals surface area (Å²) in [5, 5.41) is 7.49. The molecular formula is C22H32N6O2. The predicted molar refractivity (Wildman–Crippen MR) is 119 cm³/mol. The number of nitrogens with zero attached hydrogens (tertiary/aromatic N) is 5. The van der Waals surface area contributed by atoms with Crippen molar-refractivity contribution in [3.8, 4) is 5.75 Å². The Kier molecular flexibility index (Phi) is 6.64. The molecule has 1 aromatic carbocycles. The van der Waals surface area contributed by atoms with Gasteiger partial charge in [-0.15, -0.1) is 0 Å². The van der Waals surface area contributed by atoms with E-state index < -0.39 is 0 Å². The summed E-state index contributed by atoms with van der Waals surface area (Å²) < 4.78 is 7.79. The van der Waals surface area contributed by atoms with Crippen LogP contribution in [-0.4, -0.2) is 58.3 Å². The van der Waals surface area contributed by atoms with Crippen LogP contribution in [0.1, 0.15) is 33.3 Å². The van der Waals surface area contributed by atoms with E-state index in [-0.39, 0.29) is 18.1 Å². The van der Waals surface area contributed by atoms with Gasteiger partial charge in [-0.1, -0.05) is 18.2 Å². The highest BCUT2D eigenvalue weighted by atomic mass is 16.5. The number of guanidine groups is 1. The number of ether oxygens (including phenoxy) is 1. The van der Waals surface area contributed by atoms with Gasteiger partial charge in [0.2, 0.25) is 5.91 Å². The second kappa shape index (κ2) is 9.19. The number of aryl methyl sites for hydroxylation is 1. The molecule has 0 spiro atoms. The zero-order chi connectivity index (χ0) is 21.7. The first-order valence-corrected chi connectivity index (χ1v) is 10.4. The van der Waals surface area contributed by atoms with Gasteiger partial charge in [0.1, 0.15) is 17.9 Å². The average molecular weight is 413 g/mol. The van der Waals surface area contributed by atoms with Crippen molar-refractivity contribution in [3.05, 3.63) is 42.2 Å². The number of benzene rings is 1. The lowest BCUT2D eigenvalue weighted by molar-refractivity contribution is -0.120. The predicted octanol–water partition coefficient (Wildman–Crippen LogP) is 2.41. The molecule has 30 heavy (non-hydrogen) atoms. The van der Waals surface area contributed by atoms with E-state index >= 15 is 0 Å². The molecule has 2 aromatic rings. The molecule has 0 aliphatic carbocycles. The molecule has 0 bridgehead atoms. The van der Waals surface area contributed by atoms with Crippen molar-refractivity contribution in [2.45, 2.75) is 39.8 Å². The molecule has 3 rings (SSSR count). The highest BCUT2D eigenvalue weighted by Crippen LogP contribution is 2.24. The molecule has 8 heteroatoms. The molecule has 0 atom stereocenters. The number of amides is 1. The Hall–Kier alpha value is -3.03. The van der Waals surface area contributed by atoms with E-state index in [2.05, 4.69) is 10.4 Å². The summed E-state index contributed by atoms with van der Waals surface area (Å²) >= 11 is 0. The third-order valence-corrected chi connectivity index (χ3v) is 4.65. The number of hydrogen-bond acceptors (Lipinski definition) is 4. The van der Waals surface area contributed by atoms with Crippen LogP contribution in [0.4, 0.5) is 5.69 Å². The summed E-state index contributed by atoms with van der Waals surface area (Å²) in [6, 6.07) is 7.96. The maximum atomic E-state index is 12.8. The molecule has 2 heterocycles. The minimum absolute atomic E-state index is 0.0383. The molecule has 1 aliphatic heterocycles. The van der Waals surface area contributed by atoms with E-state index in [1.807, 2.05) is 70.1 Å². The fourth-order valence-corrected chi connectivity index (χ4v) is 3.32. The van der Waals surface area contributed by atoms with Gasteiger partial charge < -0.3 is 19.9 Å². The van der Waals surface area contributed by atoms with Crippen LogP contribution in [0.2, 0.25) is 0 Å². The van der Waals surface area contributed by atoms with Crippen LogP contribution in [0.5, 0.6) is 5.75 Å². The SMILES string of the molecule is CCNC(=NCc1ccccc1OC(C)(C)C)N1CCN(c2cnn(C)c2)C(=O)C1. The summed E-state index contributed by atoms with van der Waals surface area (Å²) in [6.45, 7) is 10.9. The summed E-state index contributed by atoms with van der Waals surface area (Å²) in [5.41, 5.74) is 1.57. The quantitative estimate of drug-likeness (QED) is 0.603. The highest BCUT2D eigenvalue weighted by Gasteiger charge is 2.27. The van der Waals surface area contributed by atoms with Crippen molar-refractivity contribution in [3.63, 3.8) is 0 Å². The van der Waals surface area contributed by atoms with Crippen molar-refractivity contribution in [1.82, 2.24) is 20.0 Å². The first-order valence-electron chi connectivity index (χ1n) is 10.4. The molecule has 1 saturated heterocycles. The van der Waals surface area contributed by atoms with Crippen LogP contribution in [-0.2, 0) is 18.4 Å². The zero-order valence-electron chi connectivity index (χ0n) is 18.6. The van der Waals surface area contributed by atoms with Crippen LogP contribution >= 0.6 is 0 Å². The Labute approximate surface area is 178 Å². The van der Waals surface area contributed by atoms with Crippen LogP contribution in [0.3, 0.4) is 0 Å². The van der Waals surface area contributed by atoms with Gasteiger partial charge in [0.15, 0.2) is 5.96 Å². The standard InChI is InChI=1S/C22H32N6O2/c1-6-23-21(24-13-17-9-7-8-10-19(17)30-22(2,3)4)27-11-12-28(20(29)16-27)18-14-25-26(5)15-18/h7-10,14-15H,6,11-13,16H2,1-5H3,(H,23,24). The number of para-hydroxylation sites is 1. The molecule has 1 fully saturated rings. The molecule has 1 N–H and O–H groups in total. The average Bonchev–Trinajstić information content (AvgIpc) is 3.11. The third kappa shape index (κ3) is 5.52. The number of carbonyl (C=O) groups is 1. The van der Waals surface area contributed by atoms with Gasteiger partial charge in [-0.3, -0.25) is 9.48 Å². The Balaban J connectivity index is 1.72. The third-order valence-electron chi connectivity index (χ3n) is 4.65. The number of piperazine rings is 1. The fourth-order valence-electron chi connectivity index (χ4n) is 3.32. The second-order valence-electron chi connectivity index (χ2n) is 8.33. The Morgan fingerprint density at radius 1 is 1.27 bits per heavy atom. The number of rotatable bonds is 5. The van der Waals surface area contributed by atoms with E-state index in [4.69, 9.17) is 9.73 Å². The van der Waals surface area contributed by atoms with Crippen molar-refractivity contribution in [2.24, 2.45) is 12.0 Å². The van der Waals surface area contributed by atoms with Crippen molar-refractivity contribution >= 4 is 17.6 Å². The van der Waals surface area contributed by atoms with Crippen LogP contribution in [0.25, 0.3) is 0 Å². The number of carbonyl (C=O) groups excluding carboxylic acids is 1. The monoisotopic (exact) mass is 412 g/mol. The second-order valence-corrected chi connectivity index (χ2v) is 8.33. The van der Waals surface area contributed by atoms with Crippen molar-refractivity contribution in [1.29, 1.82) is 0 Å². The smallest absolute Gasteiger partial charge is 0.246 e. The van der Waals surface area contributed by atoms with E-state index in [0.717, 1.165) is 29.5 Å². The fraction of sp³-hybridized carbons (Fsp3) is 0.500. The minimum Gasteiger partial charge on any atom is -0.488 e. The van der Waals surface area contributed by atoms with E-state index in [9.17, 15) is 4.79 Å². The number of anilines is 1. The van der Waals surface area contributed by atoms with Gasteiger partial charge in [0, 0.05) is 38.4 Å². The Morgan fingerprint density at radius 2 is 2.03 bits per heavy atom. The van der Waals surface area contributed by atoms with Crippen LogP contribution < -0.4 is 15.0 Å². The first kappa shape index (κ1) is 21.7. The maximum Gasteiger partial charge on any atom is 0.246 e. The molecule has 1 amide bonds. The number of nitrogens with one attached hydrogen (secondary N) is 1. The lowest BCUT2D eigenvalue weighted by Gasteiger charge is -2.35. The molecular weight excluding hydrogens is 380 g/mol. The van der Waals surface area contributed by atoms with Crippen molar-refractivity contribution in [2.75, 3.05) is 31.1 Å². The summed E-state index contributed by atoms with van der Waals surface area (Å²) in [6.07, 6.45) is 3.58. The largest absolute Gasteiger partial charge is 0.488 e. The molecule has 0 saturated carbocycles. The lowest BCUT2D eigenvalue weighted by Crippen LogP contribution is -2.55. The summed E-state index contributed by atoms with van der Waals surface area (Å²) in [5.74, 6) is 1.61. The molecule has 1 aliphatic rings.